The second-order valence-corrected chi connectivity index (χ2v) is 15.7. The maximum Gasteiger partial charge on any atom is 0.143 e. The summed E-state index contributed by atoms with van der Waals surface area (Å²) in [5, 5.41) is 7.03. The molecule has 0 atom stereocenters. The normalized spacial score (nSPS) is 11.6. The molecule has 0 bridgehead atoms. The number of fused-ring (bicyclic) bond motifs is 8. The molecule has 0 unspecified atom stereocenters. The van der Waals surface area contributed by atoms with E-state index in [1.54, 1.807) is 0 Å². The monoisotopic (exact) mass is 778 g/mol. The third-order valence-electron chi connectivity index (χ3n) is 12.2. The van der Waals surface area contributed by atoms with E-state index in [0.717, 1.165) is 72.3 Å². The molecule has 0 spiro atoms. The predicted molar refractivity (Wildman–Crippen MR) is 257 cm³/mol. The van der Waals surface area contributed by atoms with Crippen LogP contribution in [0.2, 0.25) is 0 Å². The molecule has 12 aromatic rings. The van der Waals surface area contributed by atoms with Gasteiger partial charge in [0.25, 0.3) is 0 Å². The zero-order valence-electron chi connectivity index (χ0n) is 33.2. The van der Waals surface area contributed by atoms with Crippen LogP contribution < -0.4 is 4.90 Å². The summed E-state index contributed by atoms with van der Waals surface area (Å²) in [6, 6.07) is 82.9. The van der Waals surface area contributed by atoms with E-state index in [0.29, 0.717) is 0 Å². The molecule has 0 N–H and O–H groups in total. The van der Waals surface area contributed by atoms with Crippen LogP contribution in [0.5, 0.6) is 0 Å². The fraction of sp³-hybridized carbons (Fsp3) is 0. The minimum absolute atomic E-state index is 0.856. The number of benzene rings is 10. The Labute approximate surface area is 353 Å². The van der Waals surface area contributed by atoms with Crippen LogP contribution in [0.15, 0.2) is 235 Å². The van der Waals surface area contributed by atoms with E-state index < -0.39 is 0 Å². The van der Waals surface area contributed by atoms with Crippen LogP contribution in [0.1, 0.15) is 0 Å². The number of para-hydroxylation sites is 2. The Morgan fingerprint density at radius 2 is 0.918 bits per heavy atom. The maximum absolute atomic E-state index is 6.76. The van der Waals surface area contributed by atoms with Crippen LogP contribution in [0.4, 0.5) is 17.1 Å². The zero-order valence-corrected chi connectivity index (χ0v) is 33.2. The molecule has 12 rings (SSSR count). The van der Waals surface area contributed by atoms with Crippen LogP contribution in [-0.4, -0.2) is 4.57 Å². The van der Waals surface area contributed by atoms with Crippen molar-refractivity contribution in [1.82, 2.24) is 4.57 Å². The van der Waals surface area contributed by atoms with Crippen molar-refractivity contribution < 1.29 is 4.42 Å². The Morgan fingerprint density at radius 3 is 1.67 bits per heavy atom. The Bertz CT molecular complexity index is 3530. The van der Waals surface area contributed by atoms with E-state index in [2.05, 4.69) is 240 Å². The summed E-state index contributed by atoms with van der Waals surface area (Å²) in [7, 11) is 0. The molecule has 3 nitrogen and oxygen atoms in total. The molecule has 0 saturated heterocycles. The Hall–Kier alpha value is -8.14. The van der Waals surface area contributed by atoms with Gasteiger partial charge >= 0.3 is 0 Å². The lowest BCUT2D eigenvalue weighted by molar-refractivity contribution is 0.672. The number of furan rings is 1. The highest BCUT2D eigenvalue weighted by Crippen LogP contribution is 2.45. The van der Waals surface area contributed by atoms with Gasteiger partial charge in [-0.3, -0.25) is 0 Å². The smallest absolute Gasteiger partial charge is 0.143 e. The quantitative estimate of drug-likeness (QED) is 0.161. The molecule has 286 valence electrons. The number of rotatable bonds is 7. The first-order valence-electron chi connectivity index (χ1n) is 20.8. The van der Waals surface area contributed by atoms with Crippen molar-refractivity contribution in [3.8, 4) is 39.1 Å². The second-order valence-electron chi connectivity index (χ2n) is 15.7. The van der Waals surface area contributed by atoms with Crippen molar-refractivity contribution in [1.29, 1.82) is 0 Å². The number of aromatic nitrogens is 1. The fourth-order valence-electron chi connectivity index (χ4n) is 9.28. The molecule has 2 aromatic heterocycles. The summed E-state index contributed by atoms with van der Waals surface area (Å²) < 4.78 is 9.14. The molecule has 61 heavy (non-hydrogen) atoms. The minimum Gasteiger partial charge on any atom is -0.455 e. The van der Waals surface area contributed by atoms with Gasteiger partial charge in [0.05, 0.1) is 16.7 Å². The van der Waals surface area contributed by atoms with E-state index in [1.807, 2.05) is 0 Å². The lowest BCUT2D eigenvalue weighted by atomic mass is 9.96. The first-order chi connectivity index (χ1) is 30.2. The molecule has 0 amide bonds. The van der Waals surface area contributed by atoms with Gasteiger partial charge in [-0.05, 0) is 99.9 Å². The summed E-state index contributed by atoms with van der Waals surface area (Å²) in [5.41, 5.74) is 15.4. The van der Waals surface area contributed by atoms with Crippen molar-refractivity contribution >= 4 is 71.6 Å². The molecular formula is C58H38N2O. The summed E-state index contributed by atoms with van der Waals surface area (Å²) in [4.78, 5) is 2.38. The highest BCUT2D eigenvalue weighted by molar-refractivity contribution is 6.15. The molecule has 2 heterocycles. The van der Waals surface area contributed by atoms with Crippen molar-refractivity contribution in [2.45, 2.75) is 0 Å². The van der Waals surface area contributed by atoms with Crippen molar-refractivity contribution in [3.63, 3.8) is 0 Å². The van der Waals surface area contributed by atoms with E-state index in [4.69, 9.17) is 4.42 Å². The van der Waals surface area contributed by atoms with Gasteiger partial charge in [-0.2, -0.15) is 0 Å². The van der Waals surface area contributed by atoms with Gasteiger partial charge in [0, 0.05) is 55.6 Å². The van der Waals surface area contributed by atoms with E-state index in [9.17, 15) is 0 Å². The topological polar surface area (TPSA) is 21.3 Å². The average molecular weight is 779 g/mol. The number of anilines is 3. The molecule has 0 aliphatic rings. The summed E-state index contributed by atoms with van der Waals surface area (Å²) in [6.07, 6.45) is 0. The van der Waals surface area contributed by atoms with E-state index in [1.165, 1.54) is 38.3 Å². The zero-order chi connectivity index (χ0) is 40.3. The molecule has 3 heteroatoms. The van der Waals surface area contributed by atoms with Crippen LogP contribution in [-0.2, 0) is 0 Å². The van der Waals surface area contributed by atoms with Crippen molar-refractivity contribution in [3.05, 3.63) is 231 Å². The highest BCUT2D eigenvalue weighted by atomic mass is 16.3. The minimum atomic E-state index is 0.856. The first-order valence-corrected chi connectivity index (χ1v) is 20.8. The Morgan fingerprint density at radius 1 is 0.344 bits per heavy atom. The van der Waals surface area contributed by atoms with Crippen LogP contribution >= 0.6 is 0 Å². The molecule has 10 aromatic carbocycles. The molecule has 0 saturated carbocycles. The van der Waals surface area contributed by atoms with E-state index in [-0.39, 0.29) is 0 Å². The van der Waals surface area contributed by atoms with Gasteiger partial charge in [0.15, 0.2) is 0 Å². The van der Waals surface area contributed by atoms with Crippen LogP contribution in [0.25, 0.3) is 93.6 Å². The van der Waals surface area contributed by atoms with Gasteiger partial charge in [0.2, 0.25) is 0 Å². The summed E-state index contributed by atoms with van der Waals surface area (Å²) in [6.45, 7) is 0. The van der Waals surface area contributed by atoms with Gasteiger partial charge in [-0.1, -0.05) is 158 Å². The predicted octanol–water partition coefficient (Wildman–Crippen LogP) is 16.3. The van der Waals surface area contributed by atoms with Crippen LogP contribution in [0.3, 0.4) is 0 Å². The lowest BCUT2D eigenvalue weighted by Crippen LogP contribution is -2.11. The third kappa shape index (κ3) is 5.90. The van der Waals surface area contributed by atoms with Crippen molar-refractivity contribution in [2.75, 3.05) is 4.90 Å². The SMILES string of the molecule is c1ccc(-c2ccc(N(c3ccc(-c4cccc(-n5c6ccccc6c6ccccc65)c4)cc3)c3ccc4c(c3)oc3c5ccccc5ccc43)c(-c3ccccc3)c2)cc1. The van der Waals surface area contributed by atoms with Crippen molar-refractivity contribution in [2.24, 2.45) is 0 Å². The summed E-state index contributed by atoms with van der Waals surface area (Å²) >= 11 is 0. The van der Waals surface area contributed by atoms with Gasteiger partial charge in [0.1, 0.15) is 11.2 Å². The van der Waals surface area contributed by atoms with Gasteiger partial charge in [-0.25, -0.2) is 0 Å². The van der Waals surface area contributed by atoms with E-state index >= 15 is 0 Å². The van der Waals surface area contributed by atoms with Crippen LogP contribution in [0, 0.1) is 0 Å². The fourth-order valence-corrected chi connectivity index (χ4v) is 9.28. The molecule has 0 radical (unpaired) electrons. The van der Waals surface area contributed by atoms with Gasteiger partial charge < -0.3 is 13.9 Å². The largest absolute Gasteiger partial charge is 0.455 e. The van der Waals surface area contributed by atoms with Gasteiger partial charge in [-0.15, -0.1) is 0 Å². The maximum atomic E-state index is 6.76. The number of hydrogen-bond donors (Lipinski definition) is 0. The second kappa shape index (κ2) is 14.3. The number of nitrogens with zero attached hydrogens (tertiary/aromatic N) is 2. The molecule has 0 fully saturated rings. The first kappa shape index (κ1) is 34.9. The molecular weight excluding hydrogens is 741 g/mol. The Balaban J connectivity index is 1.02. The molecule has 0 aliphatic heterocycles. The average Bonchev–Trinajstić information content (AvgIpc) is 3.88. The molecule has 0 aliphatic carbocycles. The third-order valence-corrected chi connectivity index (χ3v) is 12.2. The highest BCUT2D eigenvalue weighted by Gasteiger charge is 2.21. The Kier molecular flexibility index (Phi) is 8.17. The standard InChI is InChI=1S/C58H38N2O/c1-3-14-39(15-4-1)44-29-35-56(53(37-44)41-16-5-2-6-17-41)59(47-32-34-51-52-33-28-42-18-7-8-21-48(42)58(52)61-57(51)38-47)45-30-26-40(27-31-45)43-19-13-20-46(36-43)60-54-24-11-9-22-49(54)50-23-10-12-25-55(50)60/h1-38H. The lowest BCUT2D eigenvalue weighted by Gasteiger charge is -2.28. The summed E-state index contributed by atoms with van der Waals surface area (Å²) in [5.74, 6) is 0. The number of hydrogen-bond acceptors (Lipinski definition) is 2.